The van der Waals surface area contributed by atoms with Crippen LogP contribution in [-0.2, 0) is 14.4 Å². The van der Waals surface area contributed by atoms with E-state index in [-0.39, 0.29) is 45.1 Å². The summed E-state index contributed by atoms with van der Waals surface area (Å²) in [6.45, 7) is 0. The highest BCUT2D eigenvalue weighted by Gasteiger charge is 2.67. The number of fused-ring (bicyclic) bond motifs is 5. The Morgan fingerprint density at radius 1 is 1.27 bits per heavy atom. The third kappa shape index (κ3) is 2.28. The lowest BCUT2D eigenvalue weighted by Crippen LogP contribution is -2.46. The molecular formula is C14H17Br2NO4S. The summed E-state index contributed by atoms with van der Waals surface area (Å²) in [5, 5.41) is 9.44. The molecule has 0 aromatic rings. The summed E-state index contributed by atoms with van der Waals surface area (Å²) in [5.74, 6) is -1.47. The Kier molecular flexibility index (Phi) is 4.64. The smallest absolute Gasteiger partial charge is 0.326 e. The van der Waals surface area contributed by atoms with Crippen LogP contribution in [0.1, 0.15) is 12.8 Å². The average molecular weight is 455 g/mol. The molecular weight excluding hydrogens is 438 g/mol. The van der Waals surface area contributed by atoms with E-state index in [0.717, 1.165) is 11.3 Å². The highest BCUT2D eigenvalue weighted by molar-refractivity contribution is 9.12. The van der Waals surface area contributed by atoms with Gasteiger partial charge in [-0.3, -0.25) is 14.5 Å². The molecule has 122 valence electrons. The van der Waals surface area contributed by atoms with Crippen LogP contribution < -0.4 is 0 Å². The molecule has 2 aliphatic carbocycles. The van der Waals surface area contributed by atoms with Gasteiger partial charge in [-0.05, 0) is 36.7 Å². The quantitative estimate of drug-likeness (QED) is 0.507. The molecule has 1 aliphatic heterocycles. The molecule has 1 saturated heterocycles. The van der Waals surface area contributed by atoms with Gasteiger partial charge >= 0.3 is 5.97 Å². The zero-order valence-corrected chi connectivity index (χ0v) is 15.9. The number of nitrogens with zero attached hydrogens (tertiary/aromatic N) is 1. The van der Waals surface area contributed by atoms with Crippen molar-refractivity contribution in [2.24, 2.45) is 23.7 Å². The number of carbonyl (C=O) groups is 3. The number of amides is 2. The highest BCUT2D eigenvalue weighted by atomic mass is 79.9. The molecule has 2 amide bonds. The molecule has 2 bridgehead atoms. The third-order valence-electron chi connectivity index (χ3n) is 5.21. The molecule has 5 nitrogen and oxygen atoms in total. The lowest BCUT2D eigenvalue weighted by Gasteiger charge is -2.28. The zero-order valence-electron chi connectivity index (χ0n) is 11.9. The van der Waals surface area contributed by atoms with Crippen molar-refractivity contribution in [1.82, 2.24) is 4.90 Å². The fourth-order valence-electron chi connectivity index (χ4n) is 4.27. The van der Waals surface area contributed by atoms with Gasteiger partial charge in [0.05, 0.1) is 11.8 Å². The first kappa shape index (κ1) is 16.8. The monoisotopic (exact) mass is 453 g/mol. The van der Waals surface area contributed by atoms with Crippen molar-refractivity contribution < 1.29 is 19.5 Å². The van der Waals surface area contributed by atoms with Crippen molar-refractivity contribution in [3.05, 3.63) is 0 Å². The minimum Gasteiger partial charge on any atom is -0.480 e. The average Bonchev–Trinajstić information content (AvgIpc) is 3.06. The predicted molar refractivity (Wildman–Crippen MR) is 90.3 cm³/mol. The van der Waals surface area contributed by atoms with E-state index < -0.39 is 12.0 Å². The number of hydrogen-bond donors (Lipinski definition) is 1. The normalized spacial score (nSPS) is 41.1. The van der Waals surface area contributed by atoms with E-state index >= 15 is 0 Å². The Morgan fingerprint density at radius 2 is 1.77 bits per heavy atom. The maximum absolute atomic E-state index is 12.7. The number of thioether (sulfide) groups is 1. The number of alkyl halides is 2. The van der Waals surface area contributed by atoms with Gasteiger partial charge in [-0.1, -0.05) is 31.9 Å². The number of imide groups is 1. The van der Waals surface area contributed by atoms with Crippen LogP contribution in [0.25, 0.3) is 0 Å². The van der Waals surface area contributed by atoms with Gasteiger partial charge in [-0.25, -0.2) is 4.79 Å². The number of carbonyl (C=O) groups excluding carboxylic acids is 2. The van der Waals surface area contributed by atoms with Crippen molar-refractivity contribution in [1.29, 1.82) is 0 Å². The van der Waals surface area contributed by atoms with E-state index in [1.807, 2.05) is 6.26 Å². The Labute approximate surface area is 149 Å². The summed E-state index contributed by atoms with van der Waals surface area (Å²) < 4.78 is 0. The van der Waals surface area contributed by atoms with Gasteiger partial charge in [0.1, 0.15) is 6.04 Å². The summed E-state index contributed by atoms with van der Waals surface area (Å²) in [7, 11) is 0. The van der Waals surface area contributed by atoms with E-state index in [1.165, 1.54) is 11.8 Å². The van der Waals surface area contributed by atoms with Gasteiger partial charge in [0, 0.05) is 9.65 Å². The topological polar surface area (TPSA) is 74.7 Å². The number of likely N-dealkylation sites (tertiary alicyclic amines) is 1. The maximum Gasteiger partial charge on any atom is 0.326 e. The molecule has 3 rings (SSSR count). The van der Waals surface area contributed by atoms with Crippen LogP contribution >= 0.6 is 43.6 Å². The van der Waals surface area contributed by atoms with Crippen LogP contribution in [0.4, 0.5) is 0 Å². The van der Waals surface area contributed by atoms with E-state index in [1.54, 1.807) is 0 Å². The number of rotatable bonds is 5. The summed E-state index contributed by atoms with van der Waals surface area (Å²) in [4.78, 5) is 38.4. The van der Waals surface area contributed by atoms with Gasteiger partial charge in [0.2, 0.25) is 11.8 Å². The van der Waals surface area contributed by atoms with Gasteiger partial charge in [-0.2, -0.15) is 11.8 Å². The molecule has 1 N–H and O–H groups in total. The molecule has 0 unspecified atom stereocenters. The maximum atomic E-state index is 12.7. The van der Waals surface area contributed by atoms with E-state index in [2.05, 4.69) is 31.9 Å². The molecule has 2 saturated carbocycles. The molecule has 3 fully saturated rings. The van der Waals surface area contributed by atoms with Gasteiger partial charge < -0.3 is 5.11 Å². The molecule has 8 heteroatoms. The Morgan fingerprint density at radius 3 is 2.18 bits per heavy atom. The summed E-state index contributed by atoms with van der Waals surface area (Å²) in [6.07, 6.45) is 3.04. The molecule has 0 aromatic carbocycles. The van der Waals surface area contributed by atoms with Crippen molar-refractivity contribution >= 4 is 61.4 Å². The first-order valence-corrected chi connectivity index (χ1v) is 10.5. The van der Waals surface area contributed by atoms with E-state index in [0.29, 0.717) is 12.2 Å². The molecule has 7 atom stereocenters. The van der Waals surface area contributed by atoms with Crippen molar-refractivity contribution in [3.8, 4) is 0 Å². The lowest BCUT2D eigenvalue weighted by atomic mass is 9.81. The highest BCUT2D eigenvalue weighted by Crippen LogP contribution is 2.60. The zero-order chi connectivity index (χ0) is 16.2. The molecule has 22 heavy (non-hydrogen) atoms. The predicted octanol–water partition coefficient (Wildman–Crippen LogP) is 1.97. The van der Waals surface area contributed by atoms with Crippen molar-refractivity contribution in [2.45, 2.75) is 28.5 Å². The molecule has 0 radical (unpaired) electrons. The molecule has 0 aromatic heterocycles. The van der Waals surface area contributed by atoms with E-state index in [4.69, 9.17) is 0 Å². The molecule has 3 aliphatic rings. The second-order valence-corrected chi connectivity index (χ2v) is 9.29. The van der Waals surface area contributed by atoms with Gasteiger partial charge in [-0.15, -0.1) is 0 Å². The minimum atomic E-state index is -1.09. The van der Waals surface area contributed by atoms with Crippen LogP contribution in [-0.4, -0.2) is 55.5 Å². The largest absolute Gasteiger partial charge is 0.480 e. The van der Waals surface area contributed by atoms with Crippen LogP contribution in [0, 0.1) is 23.7 Å². The molecule has 0 spiro atoms. The van der Waals surface area contributed by atoms with Gasteiger partial charge in [0.25, 0.3) is 0 Å². The van der Waals surface area contributed by atoms with Crippen LogP contribution in [0.3, 0.4) is 0 Å². The Balaban J connectivity index is 1.88. The Bertz CT molecular complexity index is 499. The van der Waals surface area contributed by atoms with Crippen LogP contribution in [0.5, 0.6) is 0 Å². The summed E-state index contributed by atoms with van der Waals surface area (Å²) >= 11 is 8.76. The van der Waals surface area contributed by atoms with Crippen molar-refractivity contribution in [3.63, 3.8) is 0 Å². The standard InChI is InChI=1S/C14H17Br2NO4S/c1-22-3-2-7(14(20)21)17-12(18)8-5-4-6(9(8)13(17)19)11(16)10(5)15/h5-11H,2-4H2,1H3,(H,20,21)/t5-,6+,7-,8+,9-,10-,11+/m1/s1. The molecule has 1 heterocycles. The first-order valence-electron chi connectivity index (χ1n) is 7.27. The second-order valence-electron chi connectivity index (χ2n) is 6.19. The van der Waals surface area contributed by atoms with Crippen molar-refractivity contribution in [2.75, 3.05) is 12.0 Å². The number of aliphatic carboxylic acids is 1. The number of hydrogen-bond acceptors (Lipinski definition) is 4. The summed E-state index contributed by atoms with van der Waals surface area (Å²) in [6, 6.07) is -1.03. The fraction of sp³-hybridized carbons (Fsp3) is 0.786. The van der Waals surface area contributed by atoms with Gasteiger partial charge in [0.15, 0.2) is 0 Å². The first-order chi connectivity index (χ1) is 10.4. The Hall–Kier alpha value is -0.0800. The van der Waals surface area contributed by atoms with Crippen LogP contribution in [0.2, 0.25) is 0 Å². The number of halogens is 2. The van der Waals surface area contributed by atoms with E-state index in [9.17, 15) is 19.5 Å². The minimum absolute atomic E-state index is 0.121. The lowest BCUT2D eigenvalue weighted by molar-refractivity contribution is -0.155. The summed E-state index contributed by atoms with van der Waals surface area (Å²) in [5.41, 5.74) is 0. The second kappa shape index (κ2) is 6.09. The third-order valence-corrected chi connectivity index (χ3v) is 9.06. The number of carboxylic acid groups (broad SMARTS) is 1. The van der Waals surface area contributed by atoms with Crippen LogP contribution in [0.15, 0.2) is 0 Å². The SMILES string of the molecule is CSCC[C@H](C(=O)O)N1C(=O)[C@@H]2[C@@H]3C[C@@H]([C@@H](Br)[C@H]3Br)[C@@H]2C1=O. The fourth-order valence-corrected chi connectivity index (χ4v) is 6.60. The number of carboxylic acids is 1.